The summed E-state index contributed by atoms with van der Waals surface area (Å²) >= 11 is 11.4. The van der Waals surface area contributed by atoms with Crippen LogP contribution in [0.5, 0.6) is 0 Å². The van der Waals surface area contributed by atoms with Crippen molar-refractivity contribution in [1.82, 2.24) is 40.0 Å². The molecular weight excluding hydrogens is 1530 g/mol. The number of hydrogen-bond acceptors (Lipinski definition) is 23. The quantitative estimate of drug-likeness (QED) is 0.113. The predicted molar refractivity (Wildman–Crippen MR) is 456 cm³/mol. The van der Waals surface area contributed by atoms with Crippen LogP contribution in [0.2, 0.25) is 0 Å². The zero-order valence-corrected chi connectivity index (χ0v) is 72.0. The van der Waals surface area contributed by atoms with E-state index in [0.29, 0.717) is 37.8 Å². The van der Waals surface area contributed by atoms with Crippen LogP contribution < -0.4 is 21.7 Å². The van der Waals surface area contributed by atoms with Gasteiger partial charge in [0.05, 0.1) is 70.4 Å². The second-order valence-electron chi connectivity index (χ2n) is 31.5. The first-order chi connectivity index (χ1) is 52.3. The van der Waals surface area contributed by atoms with E-state index in [4.69, 9.17) is 40.2 Å². The molecule has 8 atom stereocenters. The molecule has 15 rings (SSSR count). The summed E-state index contributed by atoms with van der Waals surface area (Å²) in [4.78, 5) is 100. The Kier molecular flexibility index (Phi) is 25.7. The molecule has 11 heterocycles. The Hall–Kier alpha value is -8.79. The van der Waals surface area contributed by atoms with Crippen molar-refractivity contribution < 1.29 is 43.0 Å². The van der Waals surface area contributed by atoms with Crippen LogP contribution in [-0.2, 0) is 54.3 Å². The minimum absolute atomic E-state index is 0.0273. The first-order valence-corrected chi connectivity index (χ1v) is 42.9. The fourth-order valence-corrected chi connectivity index (χ4v) is 22.3. The number of nitriles is 1. The number of carbonyl (C=O) groups excluding carboxylic acids is 6. The van der Waals surface area contributed by atoms with Crippen LogP contribution >= 0.6 is 79.4 Å². The molecule has 11 aromatic rings. The molecule has 0 spiro atoms. The molecule has 0 unspecified atom stereocenters. The lowest BCUT2D eigenvalue weighted by molar-refractivity contribution is -0.124. The molecule has 4 aromatic carbocycles. The van der Waals surface area contributed by atoms with Gasteiger partial charge in [-0.2, -0.15) is 5.26 Å². The number of Topliss-reactive ketones (excluding diaryl/α,β-unsaturated/α-hetero) is 1. The van der Waals surface area contributed by atoms with E-state index >= 15 is 0 Å². The number of ketones is 1. The molecule has 0 saturated carbocycles. The SMILES string of the molecule is CC(=O)Nc1sc2c(c1-c1nc3ccccc3s1)C[C@@H](C)N(C(=O)OC(C)(C)C)[C@H]2C.CC(=O)Nc1sc2c(c1-c1nc3ccccc3s1)C[C@@H](C)N[C@H]2C.C[C@@H]1CC(=O)C[C@H](C)N1C(=O)OC(C)(C)C.C[C@@H]1Cc2c(sc(N)c2-c2nc3ccccc3s2)[C@H](C)N1C(=O)OC(C)(C)C.N#CCc1nc2ccccc2s1. The summed E-state index contributed by atoms with van der Waals surface area (Å²) < 4.78 is 21.2. The van der Waals surface area contributed by atoms with Crippen molar-refractivity contribution in [2.45, 2.75) is 235 Å². The van der Waals surface area contributed by atoms with Gasteiger partial charge >= 0.3 is 18.3 Å². The number of likely N-dealkylation sites (tertiary alicyclic amines) is 1. The monoisotopic (exact) mass is 1630 g/mol. The largest absolute Gasteiger partial charge is 0.444 e. The molecule has 5 amide bonds. The Bertz CT molecular complexity index is 5160. The molecule has 4 aliphatic rings. The number of fused-ring (bicyclic) bond motifs is 7. The Morgan fingerprint density at radius 2 is 0.820 bits per heavy atom. The number of thiazole rings is 4. The van der Waals surface area contributed by atoms with Crippen molar-refractivity contribution >= 4 is 171 Å². The van der Waals surface area contributed by atoms with Crippen LogP contribution in [0.4, 0.5) is 29.4 Å². The van der Waals surface area contributed by atoms with Crippen molar-refractivity contribution in [2.24, 2.45) is 0 Å². The topological polar surface area (TPSA) is 277 Å². The highest BCUT2D eigenvalue weighted by Gasteiger charge is 2.42. The number of nitrogens with two attached hydrogens (primary N) is 1. The van der Waals surface area contributed by atoms with Crippen LogP contribution in [0, 0.1) is 11.3 Å². The van der Waals surface area contributed by atoms with Crippen LogP contribution in [-0.4, -0.2) is 118 Å². The highest BCUT2D eigenvalue weighted by molar-refractivity contribution is 7.24. The third-order valence-corrected chi connectivity index (χ3v) is 26.7. The van der Waals surface area contributed by atoms with Gasteiger partial charge in [-0.1, -0.05) is 48.5 Å². The van der Waals surface area contributed by atoms with Gasteiger partial charge in [0.2, 0.25) is 11.8 Å². The average Bonchev–Trinajstić information content (AvgIpc) is 1.60. The number of piperidine rings is 1. The lowest BCUT2D eigenvalue weighted by Gasteiger charge is -2.39. The summed E-state index contributed by atoms with van der Waals surface area (Å²) in [5.41, 5.74) is 15.7. The third kappa shape index (κ3) is 19.6. The molecule has 0 radical (unpaired) electrons. The molecule has 4 aliphatic heterocycles. The van der Waals surface area contributed by atoms with Gasteiger partial charge in [0.25, 0.3) is 0 Å². The number of nitrogens with zero attached hydrogens (tertiary/aromatic N) is 8. The maximum Gasteiger partial charge on any atom is 0.411 e. The van der Waals surface area contributed by atoms with E-state index < -0.39 is 16.8 Å². The maximum absolute atomic E-state index is 12.9. The molecule has 586 valence electrons. The molecular formula is C83H98N12O9S7. The molecule has 1 saturated heterocycles. The fourth-order valence-electron chi connectivity index (χ4n) is 14.3. The number of para-hydroxylation sites is 4. The Labute approximate surface area is 677 Å². The summed E-state index contributed by atoms with van der Waals surface area (Å²) in [5.74, 6) is 0.0649. The van der Waals surface area contributed by atoms with E-state index in [2.05, 4.69) is 72.9 Å². The van der Waals surface area contributed by atoms with E-state index in [0.717, 1.165) is 116 Å². The Balaban J connectivity index is 0.000000142. The first kappa shape index (κ1) is 83.2. The van der Waals surface area contributed by atoms with Gasteiger partial charge in [-0.05, 0) is 202 Å². The third-order valence-electron chi connectivity index (χ3n) is 18.6. The summed E-state index contributed by atoms with van der Waals surface area (Å²) in [6.45, 7) is 36.3. The predicted octanol–water partition coefficient (Wildman–Crippen LogP) is 21.4. The van der Waals surface area contributed by atoms with Crippen molar-refractivity contribution in [2.75, 3.05) is 16.4 Å². The molecule has 5 N–H and O–H groups in total. The number of aromatic nitrogens is 4. The number of nitrogens with one attached hydrogen (secondary N) is 3. The second kappa shape index (κ2) is 34.3. The van der Waals surface area contributed by atoms with Gasteiger partial charge in [0.1, 0.15) is 52.6 Å². The zero-order valence-electron chi connectivity index (χ0n) is 66.3. The smallest absolute Gasteiger partial charge is 0.411 e. The van der Waals surface area contributed by atoms with Crippen LogP contribution in [0.15, 0.2) is 97.1 Å². The van der Waals surface area contributed by atoms with Gasteiger partial charge in [-0.15, -0.1) is 79.4 Å². The summed E-state index contributed by atoms with van der Waals surface area (Å²) in [7, 11) is 0. The highest BCUT2D eigenvalue weighted by Crippen LogP contribution is 2.53. The molecule has 21 nitrogen and oxygen atoms in total. The van der Waals surface area contributed by atoms with Gasteiger partial charge in [-0.3, -0.25) is 24.2 Å². The van der Waals surface area contributed by atoms with Crippen LogP contribution in [0.1, 0.15) is 199 Å². The summed E-state index contributed by atoms with van der Waals surface area (Å²) in [6, 6.07) is 34.7. The van der Waals surface area contributed by atoms with Crippen molar-refractivity contribution in [3.63, 3.8) is 0 Å². The molecule has 7 aromatic heterocycles. The van der Waals surface area contributed by atoms with E-state index in [1.165, 1.54) is 39.0 Å². The lowest BCUT2D eigenvalue weighted by Crippen LogP contribution is -2.51. The average molecular weight is 1630 g/mol. The number of amides is 5. The normalized spacial score (nSPS) is 19.5. The van der Waals surface area contributed by atoms with Crippen molar-refractivity contribution in [3.8, 4) is 37.8 Å². The number of rotatable bonds is 6. The number of carbonyl (C=O) groups is 6. The number of ether oxygens (including phenoxy) is 3. The number of benzene rings is 4. The molecule has 0 aliphatic carbocycles. The van der Waals surface area contributed by atoms with Gasteiger partial charge in [0, 0.05) is 94.3 Å². The fraction of sp³-hybridized carbons (Fsp3) is 0.434. The van der Waals surface area contributed by atoms with E-state index in [1.54, 1.807) is 79.8 Å². The minimum atomic E-state index is -0.556. The standard InChI is InChI=1S/C23H27N3O3S2.C21H25N3O2S2.C18H19N3OS2.C12H21NO3.C9H6N2S/c1-12-11-15-18(21-25-16-9-7-8-10-17(16)30-21)20(24-14(3)27)31-19(15)13(2)26(12)22(28)29-23(4,5)6;1-11-10-13-16(19-23-14-8-6-7-9-15(14)27-19)18(22)28-17(13)12(2)24(11)20(25)26-21(3,4)5;1-9-8-12-15(18-21-13-6-4-5-7-14(13)23-18)17(20-11(3)22)24-16(12)10(2)19-9;1-8-6-10(14)7-9(2)13(8)11(15)16-12(3,4)5;10-6-5-9-11-7-3-1-2-4-8(7)12-9/h7-10,12-13H,11H2,1-6H3,(H,24,27);6-9,11-12H,10,22H2,1-5H3;4-7,9-10,19H,8H2,1-3H3,(H,20,22);8-9H,6-7H2,1-5H3;1-4H,5H2/t12-,13+;11-,12+;9-,10+;8-,9+;/m111../s1. The lowest BCUT2D eigenvalue weighted by atomic mass is 9.93. The summed E-state index contributed by atoms with van der Waals surface area (Å²) in [5, 5.41) is 24.3. The van der Waals surface area contributed by atoms with Gasteiger partial charge < -0.3 is 40.8 Å². The summed E-state index contributed by atoms with van der Waals surface area (Å²) in [6.07, 6.45) is 2.77. The van der Waals surface area contributed by atoms with Crippen LogP contribution in [0.3, 0.4) is 0 Å². The molecule has 28 heteroatoms. The number of hydrogen-bond donors (Lipinski definition) is 4. The van der Waals surface area contributed by atoms with E-state index in [9.17, 15) is 28.8 Å². The van der Waals surface area contributed by atoms with Crippen molar-refractivity contribution in [3.05, 3.63) is 133 Å². The Morgan fingerprint density at radius 3 is 1.21 bits per heavy atom. The van der Waals surface area contributed by atoms with E-state index in [-0.39, 0.29) is 72.1 Å². The number of anilines is 3. The molecule has 111 heavy (non-hydrogen) atoms. The molecule has 0 bridgehead atoms. The van der Waals surface area contributed by atoms with Crippen LogP contribution in [0.25, 0.3) is 72.6 Å². The second-order valence-corrected chi connectivity index (χ2v) is 38.9. The first-order valence-electron chi connectivity index (χ1n) is 37.2. The minimum Gasteiger partial charge on any atom is -0.444 e. The zero-order chi connectivity index (χ0) is 80.5. The number of nitrogen functional groups attached to an aromatic ring is 1. The highest BCUT2D eigenvalue weighted by atomic mass is 32.1. The molecule has 1 fully saturated rings. The van der Waals surface area contributed by atoms with Crippen molar-refractivity contribution in [1.29, 1.82) is 5.26 Å². The van der Waals surface area contributed by atoms with Gasteiger partial charge in [0.15, 0.2) is 0 Å². The Morgan fingerprint density at radius 1 is 0.477 bits per heavy atom. The number of thiophene rings is 3. The maximum atomic E-state index is 12.9. The van der Waals surface area contributed by atoms with Gasteiger partial charge in [-0.25, -0.2) is 34.3 Å². The van der Waals surface area contributed by atoms with E-state index in [1.807, 2.05) is 179 Å².